The number of hydrogen-bond donors (Lipinski definition) is 0. The van der Waals surface area contributed by atoms with Gasteiger partial charge in [-0.1, -0.05) is 42.5 Å². The second-order valence-electron chi connectivity index (χ2n) is 9.35. The van der Waals surface area contributed by atoms with Gasteiger partial charge in [-0.15, -0.1) is 0 Å². The first-order chi connectivity index (χ1) is 16.6. The summed E-state index contributed by atoms with van der Waals surface area (Å²) in [6, 6.07) is 18.1. The molecule has 1 aliphatic carbocycles. The van der Waals surface area contributed by atoms with Crippen molar-refractivity contribution in [2.75, 3.05) is 13.1 Å². The third-order valence-electron chi connectivity index (χ3n) is 7.35. The van der Waals surface area contributed by atoms with Crippen LogP contribution >= 0.6 is 0 Å². The SMILES string of the molecule is Cc1oc(-c2ccccc2)nc1CC(=O)N1CCC(N2C(=O)O[C@H]3Cc4ccccc4[C@H]32)CC1. The van der Waals surface area contributed by atoms with Gasteiger partial charge in [-0.3, -0.25) is 9.69 Å². The van der Waals surface area contributed by atoms with Crippen LogP contribution in [0.25, 0.3) is 11.5 Å². The Morgan fingerprint density at radius 2 is 1.79 bits per heavy atom. The van der Waals surface area contributed by atoms with Gasteiger partial charge in [0.25, 0.3) is 0 Å². The summed E-state index contributed by atoms with van der Waals surface area (Å²) < 4.78 is 11.5. The van der Waals surface area contributed by atoms with E-state index in [1.165, 1.54) is 11.1 Å². The molecular weight excluding hydrogens is 430 g/mol. The van der Waals surface area contributed by atoms with Crippen molar-refractivity contribution in [1.82, 2.24) is 14.8 Å². The molecule has 3 aromatic rings. The molecule has 0 bridgehead atoms. The number of fused-ring (bicyclic) bond motifs is 3. The first kappa shape index (κ1) is 21.0. The van der Waals surface area contributed by atoms with Gasteiger partial charge in [0.15, 0.2) is 0 Å². The maximum absolute atomic E-state index is 13.0. The molecular formula is C27H27N3O4. The van der Waals surface area contributed by atoms with Crippen LogP contribution in [0.3, 0.4) is 0 Å². The predicted molar refractivity (Wildman–Crippen MR) is 125 cm³/mol. The van der Waals surface area contributed by atoms with Crippen LogP contribution in [0.15, 0.2) is 59.0 Å². The molecule has 2 atom stereocenters. The average molecular weight is 458 g/mol. The van der Waals surface area contributed by atoms with Crippen molar-refractivity contribution in [1.29, 1.82) is 0 Å². The molecule has 2 saturated heterocycles. The highest BCUT2D eigenvalue weighted by atomic mass is 16.6. The van der Waals surface area contributed by atoms with Crippen LogP contribution in [0.4, 0.5) is 4.79 Å². The second-order valence-corrected chi connectivity index (χ2v) is 9.35. The monoisotopic (exact) mass is 457 g/mol. The maximum Gasteiger partial charge on any atom is 0.411 e. The number of rotatable bonds is 4. The lowest BCUT2D eigenvalue weighted by molar-refractivity contribution is -0.132. The van der Waals surface area contributed by atoms with Crippen LogP contribution in [-0.2, 0) is 22.4 Å². The Balaban J connectivity index is 1.11. The number of likely N-dealkylation sites (tertiary alicyclic amines) is 1. The zero-order valence-corrected chi connectivity index (χ0v) is 19.1. The van der Waals surface area contributed by atoms with Gasteiger partial charge < -0.3 is 14.1 Å². The standard InChI is InChI=1S/C27H27N3O4/c1-17-22(28-26(33-17)18-7-3-2-4-8-18)16-24(31)29-13-11-20(12-14-29)30-25-21-10-6-5-9-19(21)15-23(25)34-27(30)32/h2-10,20,23,25H,11-16H2,1H3/t23-,25+/m0/s1. The quantitative estimate of drug-likeness (QED) is 0.584. The first-order valence-corrected chi connectivity index (χ1v) is 11.9. The number of ether oxygens (including phenoxy) is 1. The van der Waals surface area contributed by atoms with Crippen LogP contribution in [0.5, 0.6) is 0 Å². The van der Waals surface area contributed by atoms with E-state index in [9.17, 15) is 9.59 Å². The number of carbonyl (C=O) groups is 2. The van der Waals surface area contributed by atoms with Crippen molar-refractivity contribution in [3.63, 3.8) is 0 Å². The van der Waals surface area contributed by atoms with Gasteiger partial charge in [0.05, 0.1) is 18.2 Å². The topological polar surface area (TPSA) is 75.9 Å². The number of nitrogens with zero attached hydrogens (tertiary/aromatic N) is 3. The Bertz CT molecular complexity index is 1230. The summed E-state index contributed by atoms with van der Waals surface area (Å²) in [6.07, 6.45) is 2.18. The molecule has 0 N–H and O–H groups in total. The van der Waals surface area contributed by atoms with Crippen LogP contribution in [0, 0.1) is 6.92 Å². The number of carbonyl (C=O) groups excluding carboxylic acids is 2. The van der Waals surface area contributed by atoms with E-state index in [2.05, 4.69) is 17.1 Å². The highest BCUT2D eigenvalue weighted by molar-refractivity contribution is 5.79. The number of amides is 2. The molecule has 7 nitrogen and oxygen atoms in total. The van der Waals surface area contributed by atoms with Gasteiger partial charge in [0, 0.05) is 31.1 Å². The molecule has 0 spiro atoms. The molecule has 1 aromatic heterocycles. The number of benzene rings is 2. The Morgan fingerprint density at radius 3 is 2.59 bits per heavy atom. The highest BCUT2D eigenvalue weighted by Crippen LogP contribution is 2.44. The largest absolute Gasteiger partial charge is 0.443 e. The molecule has 0 unspecified atom stereocenters. The zero-order chi connectivity index (χ0) is 23.2. The summed E-state index contributed by atoms with van der Waals surface area (Å²) in [5, 5.41) is 0. The first-order valence-electron chi connectivity index (χ1n) is 11.9. The minimum absolute atomic E-state index is 0.00913. The van der Waals surface area contributed by atoms with Gasteiger partial charge in [-0.05, 0) is 43.0 Å². The zero-order valence-electron chi connectivity index (χ0n) is 19.1. The van der Waals surface area contributed by atoms with Crippen LogP contribution in [0.2, 0.25) is 0 Å². The molecule has 7 heteroatoms. The Labute approximate surface area is 198 Å². The number of hydrogen-bond acceptors (Lipinski definition) is 5. The molecule has 0 radical (unpaired) electrons. The number of piperidine rings is 1. The second kappa shape index (κ2) is 8.31. The Morgan fingerprint density at radius 1 is 1.06 bits per heavy atom. The van der Waals surface area contributed by atoms with Crippen LogP contribution in [-0.4, -0.2) is 52.0 Å². The molecule has 2 aliphatic heterocycles. The van der Waals surface area contributed by atoms with Crippen molar-refractivity contribution in [2.24, 2.45) is 0 Å². The molecule has 3 heterocycles. The van der Waals surface area contributed by atoms with E-state index in [0.29, 0.717) is 30.4 Å². The lowest BCUT2D eigenvalue weighted by Gasteiger charge is -2.38. The van der Waals surface area contributed by atoms with E-state index in [-0.39, 0.29) is 36.6 Å². The summed E-state index contributed by atoms with van der Waals surface area (Å²) in [7, 11) is 0. The Kier molecular flexibility index (Phi) is 5.12. The molecule has 174 valence electrons. The fourth-order valence-corrected chi connectivity index (χ4v) is 5.60. The summed E-state index contributed by atoms with van der Waals surface area (Å²) >= 11 is 0. The molecule has 6 rings (SSSR count). The Hall–Kier alpha value is -3.61. The minimum atomic E-state index is -0.221. The molecule has 2 aromatic carbocycles. The predicted octanol–water partition coefficient (Wildman–Crippen LogP) is 4.30. The average Bonchev–Trinajstić information content (AvgIpc) is 3.50. The lowest BCUT2D eigenvalue weighted by atomic mass is 9.99. The fraction of sp³-hybridized carbons (Fsp3) is 0.370. The summed E-state index contributed by atoms with van der Waals surface area (Å²) in [6.45, 7) is 3.09. The minimum Gasteiger partial charge on any atom is -0.443 e. The smallest absolute Gasteiger partial charge is 0.411 e. The normalized spacial score (nSPS) is 22.0. The molecule has 3 aliphatic rings. The molecule has 2 amide bonds. The van der Waals surface area contributed by atoms with E-state index in [1.807, 2.05) is 59.2 Å². The van der Waals surface area contributed by atoms with Crippen LogP contribution < -0.4 is 0 Å². The number of aryl methyl sites for hydroxylation is 1. The van der Waals surface area contributed by atoms with Crippen molar-refractivity contribution >= 4 is 12.0 Å². The molecule has 0 saturated carbocycles. The van der Waals surface area contributed by atoms with E-state index in [4.69, 9.17) is 9.15 Å². The van der Waals surface area contributed by atoms with Crippen LogP contribution in [0.1, 0.15) is 41.5 Å². The third kappa shape index (κ3) is 3.56. The lowest BCUT2D eigenvalue weighted by Crippen LogP contribution is -2.48. The van der Waals surface area contributed by atoms with E-state index in [0.717, 1.165) is 24.8 Å². The molecule has 34 heavy (non-hydrogen) atoms. The van der Waals surface area contributed by atoms with Gasteiger partial charge in [-0.2, -0.15) is 0 Å². The maximum atomic E-state index is 13.0. The summed E-state index contributed by atoms with van der Waals surface area (Å²) in [5.41, 5.74) is 4.04. The van der Waals surface area contributed by atoms with Crippen molar-refractivity contribution in [3.8, 4) is 11.5 Å². The third-order valence-corrected chi connectivity index (χ3v) is 7.35. The number of oxazole rings is 1. The van der Waals surface area contributed by atoms with E-state index in [1.54, 1.807) is 0 Å². The number of aromatic nitrogens is 1. The van der Waals surface area contributed by atoms with E-state index >= 15 is 0 Å². The highest BCUT2D eigenvalue weighted by Gasteiger charge is 2.50. The van der Waals surface area contributed by atoms with Crippen molar-refractivity contribution in [3.05, 3.63) is 77.2 Å². The van der Waals surface area contributed by atoms with Gasteiger partial charge >= 0.3 is 6.09 Å². The molecule has 2 fully saturated rings. The fourth-order valence-electron chi connectivity index (χ4n) is 5.60. The van der Waals surface area contributed by atoms with Gasteiger partial charge in [0.2, 0.25) is 11.8 Å². The van der Waals surface area contributed by atoms with Crippen molar-refractivity contribution < 1.29 is 18.7 Å². The summed E-state index contributed by atoms with van der Waals surface area (Å²) in [4.78, 5) is 34.2. The van der Waals surface area contributed by atoms with Crippen molar-refractivity contribution in [2.45, 2.75) is 50.8 Å². The van der Waals surface area contributed by atoms with Gasteiger partial charge in [-0.25, -0.2) is 9.78 Å². The van der Waals surface area contributed by atoms with E-state index < -0.39 is 0 Å². The summed E-state index contributed by atoms with van der Waals surface area (Å²) in [5.74, 6) is 1.26. The van der Waals surface area contributed by atoms with Gasteiger partial charge in [0.1, 0.15) is 11.9 Å².